The van der Waals surface area contributed by atoms with Crippen LogP contribution in [-0.2, 0) is 0 Å². The van der Waals surface area contributed by atoms with Crippen molar-refractivity contribution in [3.8, 4) is 0 Å². The molecule has 0 aromatic heterocycles. The summed E-state index contributed by atoms with van der Waals surface area (Å²) < 4.78 is 0. The maximum atomic E-state index is 10.8. The summed E-state index contributed by atoms with van der Waals surface area (Å²) in [7, 11) is 0. The van der Waals surface area contributed by atoms with E-state index in [9.17, 15) is 5.11 Å². The first kappa shape index (κ1) is 9.21. The molecule has 0 radical (unpaired) electrons. The zero-order valence-corrected chi connectivity index (χ0v) is 9.64. The van der Waals surface area contributed by atoms with Crippen molar-refractivity contribution in [1.82, 2.24) is 0 Å². The number of aliphatic hydroxyl groups is 1. The van der Waals surface area contributed by atoms with Gasteiger partial charge in [-0.1, -0.05) is 20.8 Å². The molecule has 14 heavy (non-hydrogen) atoms. The lowest BCUT2D eigenvalue weighted by Gasteiger charge is -2.68. The first-order chi connectivity index (χ1) is 6.36. The standard InChI is InChI=1S/C13H22O/c1-11(2)12(3)5-9-4-10(6-12)8-13(11,14)7-9/h9-10,14H,4-8H2,1-3H3. The Kier molecular flexibility index (Phi) is 1.45. The largest absolute Gasteiger partial charge is 0.389 e. The molecule has 2 atom stereocenters. The normalized spacial score (nSPS) is 59.1. The van der Waals surface area contributed by atoms with Gasteiger partial charge in [0, 0.05) is 0 Å². The molecule has 1 nitrogen and oxygen atoms in total. The Bertz CT molecular complexity index is 241. The van der Waals surface area contributed by atoms with Crippen molar-refractivity contribution in [3.63, 3.8) is 0 Å². The first-order valence-electron chi connectivity index (χ1n) is 6.09. The van der Waals surface area contributed by atoms with Crippen molar-refractivity contribution in [1.29, 1.82) is 0 Å². The molecule has 4 aliphatic rings. The zero-order valence-electron chi connectivity index (χ0n) is 9.64. The molecule has 4 fully saturated rings. The molecule has 0 aromatic rings. The van der Waals surface area contributed by atoms with Crippen LogP contribution in [0.25, 0.3) is 0 Å². The van der Waals surface area contributed by atoms with E-state index in [0.717, 1.165) is 24.7 Å². The van der Waals surface area contributed by atoms with E-state index in [0.29, 0.717) is 5.41 Å². The van der Waals surface area contributed by atoms with Crippen LogP contribution in [0.1, 0.15) is 52.9 Å². The summed E-state index contributed by atoms with van der Waals surface area (Å²) in [5, 5.41) is 10.8. The minimum absolute atomic E-state index is 0.132. The average Bonchev–Trinajstić information content (AvgIpc) is 1.98. The second-order valence-electron chi connectivity index (χ2n) is 7.00. The molecule has 1 heteroatoms. The Labute approximate surface area is 86.9 Å². The lowest BCUT2D eigenvalue weighted by Crippen LogP contribution is -2.66. The van der Waals surface area contributed by atoms with Crippen LogP contribution in [0, 0.1) is 22.7 Å². The fourth-order valence-electron chi connectivity index (χ4n) is 4.93. The highest BCUT2D eigenvalue weighted by atomic mass is 16.3. The smallest absolute Gasteiger partial charge is 0.0708 e. The van der Waals surface area contributed by atoms with Gasteiger partial charge in [-0.25, -0.2) is 0 Å². The summed E-state index contributed by atoms with van der Waals surface area (Å²) in [6, 6.07) is 0. The molecular weight excluding hydrogens is 172 g/mol. The van der Waals surface area contributed by atoms with Crippen molar-refractivity contribution in [3.05, 3.63) is 0 Å². The van der Waals surface area contributed by atoms with Gasteiger partial charge in [0.05, 0.1) is 5.60 Å². The van der Waals surface area contributed by atoms with E-state index in [-0.39, 0.29) is 11.0 Å². The second kappa shape index (κ2) is 2.21. The summed E-state index contributed by atoms with van der Waals surface area (Å²) in [6.45, 7) is 7.00. The molecule has 0 spiro atoms. The quantitative estimate of drug-likeness (QED) is 0.628. The van der Waals surface area contributed by atoms with E-state index in [4.69, 9.17) is 0 Å². The Morgan fingerprint density at radius 1 is 0.929 bits per heavy atom. The van der Waals surface area contributed by atoms with Gasteiger partial charge >= 0.3 is 0 Å². The molecule has 1 N–H and O–H groups in total. The van der Waals surface area contributed by atoms with Crippen molar-refractivity contribution in [2.75, 3.05) is 0 Å². The van der Waals surface area contributed by atoms with Gasteiger partial charge in [-0.15, -0.1) is 0 Å². The van der Waals surface area contributed by atoms with Crippen LogP contribution in [0.15, 0.2) is 0 Å². The summed E-state index contributed by atoms with van der Waals surface area (Å²) in [6.07, 6.45) is 6.27. The maximum absolute atomic E-state index is 10.8. The topological polar surface area (TPSA) is 20.2 Å². The Morgan fingerprint density at radius 2 is 1.43 bits per heavy atom. The van der Waals surface area contributed by atoms with Crippen molar-refractivity contribution in [2.24, 2.45) is 22.7 Å². The molecule has 4 bridgehead atoms. The summed E-state index contributed by atoms with van der Waals surface area (Å²) >= 11 is 0. The van der Waals surface area contributed by atoms with Gasteiger partial charge in [-0.3, -0.25) is 0 Å². The summed E-state index contributed by atoms with van der Waals surface area (Å²) in [5.74, 6) is 1.65. The van der Waals surface area contributed by atoms with Crippen LogP contribution in [0.3, 0.4) is 0 Å². The van der Waals surface area contributed by atoms with E-state index in [1.54, 1.807) is 0 Å². The Hall–Kier alpha value is -0.0400. The molecule has 0 heterocycles. The van der Waals surface area contributed by atoms with Crippen molar-refractivity contribution < 1.29 is 5.11 Å². The monoisotopic (exact) mass is 194 g/mol. The molecule has 4 aliphatic carbocycles. The highest BCUT2D eigenvalue weighted by Crippen LogP contribution is 2.69. The van der Waals surface area contributed by atoms with Gasteiger partial charge in [0.1, 0.15) is 0 Å². The lowest BCUT2D eigenvalue weighted by molar-refractivity contribution is -0.250. The van der Waals surface area contributed by atoms with Crippen molar-refractivity contribution in [2.45, 2.75) is 58.5 Å². The average molecular weight is 194 g/mol. The molecule has 80 valence electrons. The maximum Gasteiger partial charge on any atom is 0.0708 e. The van der Waals surface area contributed by atoms with Crippen LogP contribution in [-0.4, -0.2) is 10.7 Å². The van der Waals surface area contributed by atoms with Gasteiger partial charge in [-0.05, 0) is 54.8 Å². The third-order valence-electron chi connectivity index (χ3n) is 6.07. The van der Waals surface area contributed by atoms with Gasteiger partial charge < -0.3 is 5.11 Å². The van der Waals surface area contributed by atoms with E-state index >= 15 is 0 Å². The molecule has 0 aliphatic heterocycles. The molecule has 2 unspecified atom stereocenters. The van der Waals surface area contributed by atoms with Crippen LogP contribution >= 0.6 is 0 Å². The van der Waals surface area contributed by atoms with Crippen molar-refractivity contribution >= 4 is 0 Å². The third-order valence-corrected chi connectivity index (χ3v) is 6.07. The first-order valence-corrected chi connectivity index (χ1v) is 6.09. The SMILES string of the molecule is CC12CC3CC(C1)CC(O)(C3)C2(C)C. The second-order valence-corrected chi connectivity index (χ2v) is 7.00. The fourth-order valence-corrected chi connectivity index (χ4v) is 4.93. The van der Waals surface area contributed by atoms with E-state index in [2.05, 4.69) is 20.8 Å². The van der Waals surface area contributed by atoms with Gasteiger partial charge in [0.2, 0.25) is 0 Å². The van der Waals surface area contributed by atoms with E-state index in [1.807, 2.05) is 0 Å². The van der Waals surface area contributed by atoms with Gasteiger partial charge in [0.15, 0.2) is 0 Å². The zero-order chi connectivity index (χ0) is 10.2. The minimum Gasteiger partial charge on any atom is -0.389 e. The van der Waals surface area contributed by atoms with Crippen LogP contribution in [0.4, 0.5) is 0 Å². The molecule has 0 amide bonds. The highest BCUT2D eigenvalue weighted by Gasteiger charge is 2.65. The van der Waals surface area contributed by atoms with Crippen LogP contribution in [0.2, 0.25) is 0 Å². The van der Waals surface area contributed by atoms with Gasteiger partial charge in [-0.2, -0.15) is 0 Å². The molecule has 4 rings (SSSR count). The minimum atomic E-state index is -0.341. The predicted molar refractivity (Wildman–Crippen MR) is 56.9 cm³/mol. The highest BCUT2D eigenvalue weighted by molar-refractivity contribution is 5.15. The number of hydrogen-bond acceptors (Lipinski definition) is 1. The predicted octanol–water partition coefficient (Wildman–Crippen LogP) is 2.97. The van der Waals surface area contributed by atoms with E-state index < -0.39 is 0 Å². The molecule has 0 saturated heterocycles. The Balaban J connectivity index is 2.10. The summed E-state index contributed by atoms with van der Waals surface area (Å²) in [4.78, 5) is 0. The fraction of sp³-hybridized carbons (Fsp3) is 1.00. The number of hydrogen-bond donors (Lipinski definition) is 1. The van der Waals surface area contributed by atoms with Crippen LogP contribution in [0.5, 0.6) is 0 Å². The summed E-state index contributed by atoms with van der Waals surface area (Å²) in [5.41, 5.74) is 0.199. The van der Waals surface area contributed by atoms with Gasteiger partial charge in [0.25, 0.3) is 0 Å². The number of rotatable bonds is 0. The lowest BCUT2D eigenvalue weighted by atomic mass is 9.38. The third kappa shape index (κ3) is 0.816. The molecular formula is C13H22O. The van der Waals surface area contributed by atoms with Crippen LogP contribution < -0.4 is 0 Å². The molecule has 4 saturated carbocycles. The molecule has 0 aromatic carbocycles. The van der Waals surface area contributed by atoms with E-state index in [1.165, 1.54) is 19.3 Å². The Morgan fingerprint density at radius 3 is 1.86 bits per heavy atom.